The van der Waals surface area contributed by atoms with Crippen LogP contribution in [0.2, 0.25) is 0 Å². The first-order valence-electron chi connectivity index (χ1n) is 12.1. The van der Waals surface area contributed by atoms with Crippen LogP contribution in [-0.2, 0) is 21.2 Å². The molecule has 8 nitrogen and oxygen atoms in total. The second kappa shape index (κ2) is 11.2. The van der Waals surface area contributed by atoms with Crippen LogP contribution >= 0.6 is 0 Å². The summed E-state index contributed by atoms with van der Waals surface area (Å²) in [4.78, 5) is 15.5. The number of nitrogens with zero attached hydrogens (tertiary/aromatic N) is 1. The Kier molecular flexibility index (Phi) is 8.07. The molecule has 2 heterocycles. The summed E-state index contributed by atoms with van der Waals surface area (Å²) in [6.45, 7) is 6.48. The SMILES string of the molecule is CCCc1ccc(S(=O)(=O)Nc2ccc(N3CCNCC3)c(C(=O)NC[C@H]3CCCO3)c2)cc1. The minimum atomic E-state index is -3.78. The highest BCUT2D eigenvalue weighted by Gasteiger charge is 2.23. The predicted octanol–water partition coefficient (Wildman–Crippen LogP) is 2.76. The summed E-state index contributed by atoms with van der Waals surface area (Å²) in [5.41, 5.74) is 2.72. The Balaban J connectivity index is 1.55. The molecule has 0 spiro atoms. The van der Waals surface area contributed by atoms with E-state index < -0.39 is 10.0 Å². The maximum Gasteiger partial charge on any atom is 0.261 e. The first-order chi connectivity index (χ1) is 16.5. The van der Waals surface area contributed by atoms with Gasteiger partial charge in [0.15, 0.2) is 0 Å². The summed E-state index contributed by atoms with van der Waals surface area (Å²) < 4.78 is 34.3. The lowest BCUT2D eigenvalue weighted by atomic mass is 10.1. The summed E-state index contributed by atoms with van der Waals surface area (Å²) in [5.74, 6) is -0.228. The molecule has 9 heteroatoms. The quantitative estimate of drug-likeness (QED) is 0.504. The molecule has 184 valence electrons. The van der Waals surface area contributed by atoms with Gasteiger partial charge >= 0.3 is 0 Å². The topological polar surface area (TPSA) is 99.8 Å². The fourth-order valence-electron chi connectivity index (χ4n) is 4.41. The number of rotatable bonds is 9. The number of anilines is 2. The molecule has 1 atom stereocenters. The van der Waals surface area contributed by atoms with E-state index >= 15 is 0 Å². The summed E-state index contributed by atoms with van der Waals surface area (Å²) in [6, 6.07) is 12.1. The summed E-state index contributed by atoms with van der Waals surface area (Å²) >= 11 is 0. The van der Waals surface area contributed by atoms with Gasteiger partial charge in [0.2, 0.25) is 0 Å². The van der Waals surface area contributed by atoms with Gasteiger partial charge in [-0.3, -0.25) is 9.52 Å². The van der Waals surface area contributed by atoms with Gasteiger partial charge in [-0.2, -0.15) is 0 Å². The van der Waals surface area contributed by atoms with Gasteiger partial charge in [0.1, 0.15) is 0 Å². The molecular formula is C25H34N4O4S. The molecule has 1 amide bonds. The number of carbonyl (C=O) groups excluding carboxylic acids is 1. The number of hydrogen-bond acceptors (Lipinski definition) is 6. The van der Waals surface area contributed by atoms with Crippen molar-refractivity contribution in [2.24, 2.45) is 0 Å². The second-order valence-corrected chi connectivity index (χ2v) is 10.5. The first-order valence-corrected chi connectivity index (χ1v) is 13.6. The molecule has 2 aromatic carbocycles. The minimum absolute atomic E-state index is 0.0314. The Morgan fingerprint density at radius 2 is 1.91 bits per heavy atom. The van der Waals surface area contributed by atoms with E-state index in [1.165, 1.54) is 0 Å². The standard InChI is InChI=1S/C25H34N4O4S/c1-2-4-19-6-9-22(10-7-19)34(31,32)28-20-8-11-24(29-14-12-26-13-15-29)23(17-20)25(30)27-18-21-5-3-16-33-21/h6-11,17,21,26,28H,2-5,12-16,18H2,1H3,(H,27,30)/t21-/m1/s1. The normalized spacial score (nSPS) is 18.6. The lowest BCUT2D eigenvalue weighted by Gasteiger charge is -2.31. The number of hydrogen-bond donors (Lipinski definition) is 3. The summed E-state index contributed by atoms with van der Waals surface area (Å²) in [7, 11) is -3.78. The number of nitrogens with one attached hydrogen (secondary N) is 3. The van der Waals surface area contributed by atoms with Crippen molar-refractivity contribution in [2.45, 2.75) is 43.6 Å². The van der Waals surface area contributed by atoms with Gasteiger partial charge in [-0.15, -0.1) is 0 Å². The molecule has 0 radical (unpaired) electrons. The molecule has 2 fully saturated rings. The van der Waals surface area contributed by atoms with E-state index in [9.17, 15) is 13.2 Å². The van der Waals surface area contributed by atoms with Crippen molar-refractivity contribution in [1.29, 1.82) is 0 Å². The number of benzene rings is 2. The van der Waals surface area contributed by atoms with E-state index in [4.69, 9.17) is 4.74 Å². The van der Waals surface area contributed by atoms with Gasteiger partial charge in [0, 0.05) is 50.7 Å². The molecule has 0 unspecified atom stereocenters. The molecule has 2 saturated heterocycles. The third kappa shape index (κ3) is 6.08. The fourth-order valence-corrected chi connectivity index (χ4v) is 5.46. The van der Waals surface area contributed by atoms with Crippen LogP contribution in [-0.4, -0.2) is 59.8 Å². The molecule has 2 aliphatic heterocycles. The predicted molar refractivity (Wildman–Crippen MR) is 134 cm³/mol. The smallest absolute Gasteiger partial charge is 0.261 e. The van der Waals surface area contributed by atoms with Crippen molar-refractivity contribution < 1.29 is 17.9 Å². The molecule has 2 aromatic rings. The van der Waals surface area contributed by atoms with Crippen LogP contribution in [0.1, 0.15) is 42.1 Å². The van der Waals surface area contributed by atoms with E-state index in [0.717, 1.165) is 69.7 Å². The van der Waals surface area contributed by atoms with Gasteiger partial charge in [-0.05, 0) is 55.2 Å². The zero-order valence-corrected chi connectivity index (χ0v) is 20.5. The Bertz CT molecular complexity index is 1080. The molecule has 34 heavy (non-hydrogen) atoms. The molecule has 0 saturated carbocycles. The number of ether oxygens (including phenoxy) is 1. The zero-order valence-electron chi connectivity index (χ0n) is 19.7. The van der Waals surface area contributed by atoms with Crippen molar-refractivity contribution in [2.75, 3.05) is 49.0 Å². The van der Waals surface area contributed by atoms with Gasteiger partial charge in [0.25, 0.3) is 15.9 Å². The number of amides is 1. The largest absolute Gasteiger partial charge is 0.376 e. The highest BCUT2D eigenvalue weighted by atomic mass is 32.2. The van der Waals surface area contributed by atoms with Crippen LogP contribution < -0.4 is 20.3 Å². The number of aryl methyl sites for hydroxylation is 1. The molecular weight excluding hydrogens is 452 g/mol. The Hall–Kier alpha value is -2.62. The van der Waals surface area contributed by atoms with Gasteiger partial charge in [-0.1, -0.05) is 25.5 Å². The third-order valence-corrected chi connectivity index (χ3v) is 7.63. The van der Waals surface area contributed by atoms with Crippen molar-refractivity contribution in [3.63, 3.8) is 0 Å². The van der Waals surface area contributed by atoms with E-state index in [-0.39, 0.29) is 16.9 Å². The minimum Gasteiger partial charge on any atom is -0.376 e. The molecule has 2 aliphatic rings. The average Bonchev–Trinajstić information content (AvgIpc) is 3.37. The van der Waals surface area contributed by atoms with Crippen molar-refractivity contribution in [3.05, 3.63) is 53.6 Å². The molecule has 3 N–H and O–H groups in total. The lowest BCUT2D eigenvalue weighted by molar-refractivity contribution is 0.0858. The Morgan fingerprint density at radius 1 is 1.15 bits per heavy atom. The molecule has 0 aliphatic carbocycles. The Labute approximate surface area is 202 Å². The van der Waals surface area contributed by atoms with Crippen molar-refractivity contribution in [3.8, 4) is 0 Å². The van der Waals surface area contributed by atoms with Gasteiger partial charge < -0.3 is 20.3 Å². The molecule has 0 aromatic heterocycles. The van der Waals surface area contributed by atoms with Crippen LogP contribution in [0.4, 0.5) is 11.4 Å². The first kappa shape index (κ1) is 24.5. The summed E-state index contributed by atoms with van der Waals surface area (Å²) in [6.07, 6.45) is 3.88. The third-order valence-electron chi connectivity index (χ3n) is 6.24. The van der Waals surface area contributed by atoms with Crippen LogP contribution in [0, 0.1) is 0 Å². The lowest BCUT2D eigenvalue weighted by Crippen LogP contribution is -2.44. The number of sulfonamides is 1. The van der Waals surface area contributed by atoms with E-state index in [2.05, 4.69) is 27.2 Å². The zero-order chi connectivity index (χ0) is 24.0. The number of piperazine rings is 1. The maximum atomic E-state index is 13.2. The summed E-state index contributed by atoms with van der Waals surface area (Å²) in [5, 5.41) is 6.29. The number of carbonyl (C=O) groups is 1. The van der Waals surface area contributed by atoms with Crippen LogP contribution in [0.3, 0.4) is 0 Å². The monoisotopic (exact) mass is 486 g/mol. The van der Waals surface area contributed by atoms with E-state index in [0.29, 0.717) is 17.8 Å². The van der Waals surface area contributed by atoms with Crippen LogP contribution in [0.5, 0.6) is 0 Å². The molecule has 0 bridgehead atoms. The van der Waals surface area contributed by atoms with E-state index in [1.807, 2.05) is 18.2 Å². The second-order valence-electron chi connectivity index (χ2n) is 8.81. The van der Waals surface area contributed by atoms with Crippen LogP contribution in [0.15, 0.2) is 47.4 Å². The average molecular weight is 487 g/mol. The van der Waals surface area contributed by atoms with Crippen LogP contribution in [0.25, 0.3) is 0 Å². The van der Waals surface area contributed by atoms with E-state index in [1.54, 1.807) is 24.3 Å². The molecule has 4 rings (SSSR count). The van der Waals surface area contributed by atoms with Gasteiger partial charge in [0.05, 0.1) is 16.6 Å². The highest BCUT2D eigenvalue weighted by Crippen LogP contribution is 2.27. The highest BCUT2D eigenvalue weighted by molar-refractivity contribution is 7.92. The van der Waals surface area contributed by atoms with Gasteiger partial charge in [-0.25, -0.2) is 8.42 Å². The van der Waals surface area contributed by atoms with Crippen molar-refractivity contribution in [1.82, 2.24) is 10.6 Å². The fraction of sp³-hybridized carbons (Fsp3) is 0.480. The van der Waals surface area contributed by atoms with Crippen molar-refractivity contribution >= 4 is 27.3 Å². The maximum absolute atomic E-state index is 13.2. The Morgan fingerprint density at radius 3 is 2.59 bits per heavy atom.